The Morgan fingerprint density at radius 1 is 1.33 bits per heavy atom. The molecule has 1 aromatic carbocycles. The van der Waals surface area contributed by atoms with E-state index < -0.39 is 0 Å². The van der Waals surface area contributed by atoms with E-state index in [1.54, 1.807) is 0 Å². The first-order valence-corrected chi connectivity index (χ1v) is 5.79. The van der Waals surface area contributed by atoms with Crippen LogP contribution in [0.4, 0.5) is 0 Å². The van der Waals surface area contributed by atoms with Crippen LogP contribution >= 0.6 is 27.3 Å². The summed E-state index contributed by atoms with van der Waals surface area (Å²) >= 11 is 5.37. The van der Waals surface area contributed by atoms with Crippen LogP contribution in [0.25, 0.3) is 10.1 Å². The van der Waals surface area contributed by atoms with E-state index in [2.05, 4.69) is 47.1 Å². The van der Waals surface area contributed by atoms with E-state index in [-0.39, 0.29) is 0 Å². The van der Waals surface area contributed by atoms with Crippen molar-refractivity contribution >= 4 is 37.4 Å². The minimum Gasteiger partial charge on any atom is -0.139 e. The Kier molecular flexibility index (Phi) is 2.20. The van der Waals surface area contributed by atoms with Crippen LogP contribution in [0.3, 0.4) is 0 Å². The highest BCUT2D eigenvalue weighted by Gasteiger charge is 2.05. The zero-order valence-corrected chi connectivity index (χ0v) is 9.21. The van der Waals surface area contributed by atoms with Crippen molar-refractivity contribution in [3.63, 3.8) is 0 Å². The number of thiophene rings is 1. The highest BCUT2D eigenvalue weighted by molar-refractivity contribution is 9.08. The van der Waals surface area contributed by atoms with Crippen molar-refractivity contribution in [2.45, 2.75) is 12.3 Å². The van der Waals surface area contributed by atoms with Crippen molar-refractivity contribution in [2.75, 3.05) is 0 Å². The molecule has 0 nitrogen and oxygen atoms in total. The molecule has 0 atom stereocenters. The molecule has 0 N–H and O–H groups in total. The van der Waals surface area contributed by atoms with Gasteiger partial charge in [-0.1, -0.05) is 34.1 Å². The second-order valence-corrected chi connectivity index (χ2v) is 4.48. The highest BCUT2D eigenvalue weighted by Crippen LogP contribution is 2.31. The average Bonchev–Trinajstić information content (AvgIpc) is 2.44. The van der Waals surface area contributed by atoms with Crippen LogP contribution < -0.4 is 0 Å². The summed E-state index contributed by atoms with van der Waals surface area (Å²) in [5.74, 6) is 0. The first-order chi connectivity index (χ1) is 5.83. The molecule has 1 heterocycles. The second kappa shape index (κ2) is 3.19. The van der Waals surface area contributed by atoms with E-state index in [0.717, 1.165) is 5.33 Å². The van der Waals surface area contributed by atoms with E-state index >= 15 is 0 Å². The lowest BCUT2D eigenvalue weighted by atomic mass is 10.2. The maximum atomic E-state index is 3.50. The van der Waals surface area contributed by atoms with Crippen molar-refractivity contribution in [1.29, 1.82) is 0 Å². The molecule has 0 saturated carbocycles. The molecular weight excluding hydrogens is 232 g/mol. The number of rotatable bonds is 1. The minimum atomic E-state index is 0.970. The SMILES string of the molecule is Cc1c(CBr)sc2ccccc12. The Morgan fingerprint density at radius 2 is 2.08 bits per heavy atom. The van der Waals surface area contributed by atoms with Crippen LogP contribution in [-0.2, 0) is 5.33 Å². The molecule has 12 heavy (non-hydrogen) atoms. The van der Waals surface area contributed by atoms with Gasteiger partial charge in [-0.05, 0) is 23.9 Å². The minimum absolute atomic E-state index is 0.970. The number of benzene rings is 1. The molecule has 0 aliphatic rings. The van der Waals surface area contributed by atoms with Crippen LogP contribution in [0.15, 0.2) is 24.3 Å². The largest absolute Gasteiger partial charge is 0.139 e. The predicted molar refractivity (Wildman–Crippen MR) is 59.2 cm³/mol. The quantitative estimate of drug-likeness (QED) is 0.659. The van der Waals surface area contributed by atoms with Crippen LogP contribution in [-0.4, -0.2) is 0 Å². The maximum absolute atomic E-state index is 3.50. The van der Waals surface area contributed by atoms with Gasteiger partial charge in [-0.25, -0.2) is 0 Å². The van der Waals surface area contributed by atoms with Gasteiger partial charge in [-0.3, -0.25) is 0 Å². The zero-order valence-electron chi connectivity index (χ0n) is 6.80. The van der Waals surface area contributed by atoms with Crippen molar-refractivity contribution in [1.82, 2.24) is 0 Å². The lowest BCUT2D eigenvalue weighted by Crippen LogP contribution is -1.72. The third-order valence-corrected chi connectivity index (χ3v) is 4.27. The first kappa shape index (κ1) is 8.27. The molecule has 0 bridgehead atoms. The Morgan fingerprint density at radius 3 is 2.75 bits per heavy atom. The number of aryl methyl sites for hydroxylation is 1. The summed E-state index contributed by atoms with van der Waals surface area (Å²) in [5, 5.41) is 2.37. The lowest BCUT2D eigenvalue weighted by molar-refractivity contribution is 1.45. The van der Waals surface area contributed by atoms with Crippen LogP contribution in [0.1, 0.15) is 10.4 Å². The molecule has 2 heteroatoms. The molecule has 62 valence electrons. The molecule has 0 aliphatic heterocycles. The van der Waals surface area contributed by atoms with Gasteiger partial charge in [0.15, 0.2) is 0 Å². The van der Waals surface area contributed by atoms with Gasteiger partial charge in [-0.2, -0.15) is 0 Å². The number of hydrogen-bond acceptors (Lipinski definition) is 1. The molecular formula is C10H9BrS. The smallest absolute Gasteiger partial charge is 0.0380 e. The van der Waals surface area contributed by atoms with Gasteiger partial charge < -0.3 is 0 Å². The fourth-order valence-corrected chi connectivity index (χ4v) is 3.18. The molecule has 0 amide bonds. The Hall–Kier alpha value is -0.340. The molecule has 2 rings (SSSR count). The number of alkyl halides is 1. The summed E-state index contributed by atoms with van der Waals surface area (Å²) in [4.78, 5) is 1.44. The van der Waals surface area contributed by atoms with Gasteiger partial charge in [0.25, 0.3) is 0 Å². The first-order valence-electron chi connectivity index (χ1n) is 3.86. The van der Waals surface area contributed by atoms with Gasteiger partial charge >= 0.3 is 0 Å². The van der Waals surface area contributed by atoms with Crippen molar-refractivity contribution in [2.24, 2.45) is 0 Å². The van der Waals surface area contributed by atoms with Gasteiger partial charge in [0.2, 0.25) is 0 Å². The van der Waals surface area contributed by atoms with Crippen LogP contribution in [0, 0.1) is 6.92 Å². The number of hydrogen-bond donors (Lipinski definition) is 0. The molecule has 0 fully saturated rings. The van der Waals surface area contributed by atoms with Gasteiger partial charge in [0, 0.05) is 14.9 Å². The molecule has 0 aliphatic carbocycles. The number of halogens is 1. The van der Waals surface area contributed by atoms with E-state index in [1.807, 2.05) is 11.3 Å². The van der Waals surface area contributed by atoms with Crippen LogP contribution in [0.5, 0.6) is 0 Å². The monoisotopic (exact) mass is 240 g/mol. The Labute approximate surface area is 84.4 Å². The van der Waals surface area contributed by atoms with Crippen molar-refractivity contribution in [3.8, 4) is 0 Å². The Balaban J connectivity index is 2.78. The standard InChI is InChI=1S/C10H9BrS/c1-7-8-4-2-3-5-9(8)12-10(7)6-11/h2-5H,6H2,1H3. The summed E-state index contributed by atoms with van der Waals surface area (Å²) in [6.07, 6.45) is 0. The van der Waals surface area contributed by atoms with Crippen molar-refractivity contribution in [3.05, 3.63) is 34.7 Å². The summed E-state index contributed by atoms with van der Waals surface area (Å²) in [6.45, 7) is 2.19. The third-order valence-electron chi connectivity index (χ3n) is 2.06. The lowest BCUT2D eigenvalue weighted by Gasteiger charge is -1.90. The molecule has 0 spiro atoms. The second-order valence-electron chi connectivity index (χ2n) is 2.78. The fourth-order valence-electron chi connectivity index (χ4n) is 1.35. The normalized spacial score (nSPS) is 10.8. The molecule has 0 unspecified atom stereocenters. The molecule has 0 radical (unpaired) electrons. The fraction of sp³-hybridized carbons (Fsp3) is 0.200. The van der Waals surface area contributed by atoms with Crippen molar-refractivity contribution < 1.29 is 0 Å². The highest BCUT2D eigenvalue weighted by atomic mass is 79.9. The van der Waals surface area contributed by atoms with E-state index in [4.69, 9.17) is 0 Å². The summed E-state index contributed by atoms with van der Waals surface area (Å²) in [7, 11) is 0. The summed E-state index contributed by atoms with van der Waals surface area (Å²) < 4.78 is 1.39. The van der Waals surface area contributed by atoms with E-state index in [1.165, 1.54) is 20.5 Å². The van der Waals surface area contributed by atoms with E-state index in [9.17, 15) is 0 Å². The van der Waals surface area contributed by atoms with Crippen LogP contribution in [0.2, 0.25) is 0 Å². The predicted octanol–water partition coefficient (Wildman–Crippen LogP) is 4.10. The molecule has 2 aromatic rings. The van der Waals surface area contributed by atoms with Gasteiger partial charge in [0.1, 0.15) is 0 Å². The molecule has 0 saturated heterocycles. The zero-order chi connectivity index (χ0) is 8.55. The third kappa shape index (κ3) is 1.19. The maximum Gasteiger partial charge on any atom is 0.0380 e. The van der Waals surface area contributed by atoms with E-state index in [0.29, 0.717) is 0 Å². The summed E-state index contributed by atoms with van der Waals surface area (Å²) in [6, 6.07) is 8.56. The van der Waals surface area contributed by atoms with Gasteiger partial charge in [0.05, 0.1) is 0 Å². The molecule has 1 aromatic heterocycles. The van der Waals surface area contributed by atoms with Gasteiger partial charge in [-0.15, -0.1) is 11.3 Å². The average molecular weight is 241 g/mol. The summed E-state index contributed by atoms with van der Waals surface area (Å²) in [5.41, 5.74) is 1.42. The Bertz CT molecular complexity index is 403. The topological polar surface area (TPSA) is 0 Å². The number of fused-ring (bicyclic) bond motifs is 1.